The molecule has 0 atom stereocenters. The molecule has 1 N–H and O–H groups in total. The van der Waals surface area contributed by atoms with Gasteiger partial charge >= 0.3 is 0 Å². The minimum Gasteiger partial charge on any atom is -0.338 e. The van der Waals surface area contributed by atoms with E-state index in [4.69, 9.17) is 0 Å². The summed E-state index contributed by atoms with van der Waals surface area (Å²) in [5.74, 6) is 0.561. The van der Waals surface area contributed by atoms with Crippen molar-refractivity contribution in [2.45, 2.75) is 19.9 Å². The number of halogens is 1. The molecule has 0 saturated carbocycles. The van der Waals surface area contributed by atoms with Gasteiger partial charge in [-0.2, -0.15) is 5.10 Å². The highest BCUT2D eigenvalue weighted by Crippen LogP contribution is 2.23. The molecule has 3 heterocycles. The zero-order valence-electron chi connectivity index (χ0n) is 15.4. The number of benzene rings is 1. The van der Waals surface area contributed by atoms with Crippen LogP contribution in [0.4, 0.5) is 10.3 Å². The zero-order chi connectivity index (χ0) is 18.6. The van der Waals surface area contributed by atoms with Crippen molar-refractivity contribution in [3.05, 3.63) is 59.8 Å². The first-order chi connectivity index (χ1) is 13.2. The molecular formula is C20H23FN6. The summed E-state index contributed by atoms with van der Waals surface area (Å²) in [5, 5.41) is 7.18. The second-order valence-corrected chi connectivity index (χ2v) is 6.79. The molecule has 0 amide bonds. The third-order valence-electron chi connectivity index (χ3n) is 4.98. The van der Waals surface area contributed by atoms with Gasteiger partial charge in [-0.3, -0.25) is 10.00 Å². The number of hydrogen-bond acceptors (Lipinski definition) is 5. The quantitative estimate of drug-likeness (QED) is 0.752. The average molecular weight is 366 g/mol. The molecule has 1 aliphatic rings. The number of aromatic amines is 1. The van der Waals surface area contributed by atoms with Gasteiger partial charge in [0.05, 0.1) is 11.9 Å². The molecule has 1 fully saturated rings. The van der Waals surface area contributed by atoms with Gasteiger partial charge in [-0.25, -0.2) is 14.4 Å². The average Bonchev–Trinajstić information content (AvgIpc) is 3.17. The van der Waals surface area contributed by atoms with Gasteiger partial charge in [-0.15, -0.1) is 0 Å². The summed E-state index contributed by atoms with van der Waals surface area (Å²) in [5.41, 5.74) is 3.95. The lowest BCUT2D eigenvalue weighted by atomic mass is 10.1. The van der Waals surface area contributed by atoms with Crippen molar-refractivity contribution in [3.8, 4) is 11.3 Å². The molecule has 4 rings (SSSR count). The Morgan fingerprint density at radius 3 is 2.56 bits per heavy atom. The second-order valence-electron chi connectivity index (χ2n) is 6.79. The first-order valence-corrected chi connectivity index (χ1v) is 9.29. The van der Waals surface area contributed by atoms with Crippen LogP contribution >= 0.6 is 0 Å². The summed E-state index contributed by atoms with van der Waals surface area (Å²) >= 11 is 0. The highest BCUT2D eigenvalue weighted by molar-refractivity contribution is 5.62. The number of anilines is 1. The van der Waals surface area contributed by atoms with E-state index in [-0.39, 0.29) is 5.82 Å². The molecule has 0 unspecified atom stereocenters. The van der Waals surface area contributed by atoms with E-state index in [1.807, 2.05) is 24.7 Å². The molecule has 27 heavy (non-hydrogen) atoms. The Balaban J connectivity index is 1.39. The number of H-pyrrole nitrogens is 1. The number of rotatable bonds is 5. The molecule has 0 bridgehead atoms. The molecule has 1 aliphatic heterocycles. The predicted octanol–water partition coefficient (Wildman–Crippen LogP) is 2.89. The van der Waals surface area contributed by atoms with Gasteiger partial charge in [0.15, 0.2) is 0 Å². The summed E-state index contributed by atoms with van der Waals surface area (Å²) in [4.78, 5) is 13.6. The highest BCUT2D eigenvalue weighted by Gasteiger charge is 2.20. The molecule has 0 spiro atoms. The lowest BCUT2D eigenvalue weighted by molar-refractivity contribution is 0.249. The van der Waals surface area contributed by atoms with Crippen LogP contribution in [0.3, 0.4) is 0 Å². The molecule has 3 aromatic rings. The van der Waals surface area contributed by atoms with Crippen molar-refractivity contribution in [2.24, 2.45) is 0 Å². The normalized spacial score (nSPS) is 15.3. The molecule has 0 aliphatic carbocycles. The number of nitrogens with one attached hydrogen (secondary N) is 1. The van der Waals surface area contributed by atoms with E-state index in [2.05, 4.69) is 36.9 Å². The third kappa shape index (κ3) is 3.98. The largest absolute Gasteiger partial charge is 0.338 e. The minimum atomic E-state index is -0.240. The zero-order valence-corrected chi connectivity index (χ0v) is 15.4. The molecule has 1 aromatic carbocycles. The maximum Gasteiger partial charge on any atom is 0.225 e. The fourth-order valence-electron chi connectivity index (χ4n) is 3.37. The molecule has 2 aromatic heterocycles. The van der Waals surface area contributed by atoms with Crippen LogP contribution in [0.15, 0.2) is 42.9 Å². The lowest BCUT2D eigenvalue weighted by Crippen LogP contribution is -2.46. The SMILES string of the molecule is CCc1cnc(N2CCN(Cc3cn[nH]c3-c3cccc(F)c3)CC2)nc1. The van der Waals surface area contributed by atoms with E-state index >= 15 is 0 Å². The summed E-state index contributed by atoms with van der Waals surface area (Å²) in [6, 6.07) is 6.60. The van der Waals surface area contributed by atoms with Gasteiger partial charge in [0.2, 0.25) is 5.95 Å². The summed E-state index contributed by atoms with van der Waals surface area (Å²) in [6.07, 6.45) is 6.60. The van der Waals surface area contributed by atoms with Gasteiger partial charge in [-0.1, -0.05) is 19.1 Å². The Morgan fingerprint density at radius 1 is 1.07 bits per heavy atom. The monoisotopic (exact) mass is 366 g/mol. The highest BCUT2D eigenvalue weighted by atomic mass is 19.1. The molecule has 6 nitrogen and oxygen atoms in total. The standard InChI is InChI=1S/C20H23FN6/c1-2-15-11-22-20(23-12-15)27-8-6-26(7-9-27)14-17-13-24-25-19(17)16-4-3-5-18(21)10-16/h3-5,10-13H,2,6-9,14H2,1H3,(H,24,25). The molecule has 7 heteroatoms. The Hall–Kier alpha value is -2.80. The van der Waals surface area contributed by atoms with Crippen LogP contribution in [-0.2, 0) is 13.0 Å². The first kappa shape index (κ1) is 17.6. The summed E-state index contributed by atoms with van der Waals surface area (Å²) in [6.45, 7) is 6.51. The van der Waals surface area contributed by atoms with Gasteiger partial charge in [0.1, 0.15) is 5.82 Å². The van der Waals surface area contributed by atoms with Crippen molar-refractivity contribution >= 4 is 5.95 Å². The van der Waals surface area contributed by atoms with E-state index in [1.165, 1.54) is 12.1 Å². The van der Waals surface area contributed by atoms with Crippen molar-refractivity contribution < 1.29 is 4.39 Å². The first-order valence-electron chi connectivity index (χ1n) is 9.29. The van der Waals surface area contributed by atoms with Crippen molar-refractivity contribution in [1.82, 2.24) is 25.1 Å². The Kier molecular flexibility index (Phi) is 5.11. The number of aromatic nitrogens is 4. The Morgan fingerprint density at radius 2 is 1.85 bits per heavy atom. The van der Waals surface area contributed by atoms with Gasteiger partial charge in [0, 0.05) is 56.2 Å². The van der Waals surface area contributed by atoms with Crippen LogP contribution in [0.1, 0.15) is 18.1 Å². The maximum absolute atomic E-state index is 13.5. The number of nitrogens with zero attached hydrogens (tertiary/aromatic N) is 5. The Labute approximate surface area is 158 Å². The van der Waals surface area contributed by atoms with Gasteiger partial charge in [-0.05, 0) is 24.1 Å². The molecule has 140 valence electrons. The van der Waals surface area contributed by atoms with E-state index in [9.17, 15) is 4.39 Å². The van der Waals surface area contributed by atoms with Crippen LogP contribution < -0.4 is 4.90 Å². The minimum absolute atomic E-state index is 0.240. The van der Waals surface area contributed by atoms with Crippen molar-refractivity contribution in [3.63, 3.8) is 0 Å². The lowest BCUT2D eigenvalue weighted by Gasteiger charge is -2.34. The molecule has 1 saturated heterocycles. The molecular weight excluding hydrogens is 343 g/mol. The van der Waals surface area contributed by atoms with E-state index in [0.717, 1.165) is 67.5 Å². The van der Waals surface area contributed by atoms with Crippen LogP contribution in [0.2, 0.25) is 0 Å². The van der Waals surface area contributed by atoms with E-state index in [0.29, 0.717) is 0 Å². The fraction of sp³-hybridized carbons (Fsp3) is 0.350. The van der Waals surface area contributed by atoms with Crippen LogP contribution in [0.25, 0.3) is 11.3 Å². The Bertz CT molecular complexity index is 883. The van der Waals surface area contributed by atoms with E-state index in [1.54, 1.807) is 6.07 Å². The second kappa shape index (κ2) is 7.84. The number of piperazine rings is 1. The van der Waals surface area contributed by atoms with Crippen molar-refractivity contribution in [1.29, 1.82) is 0 Å². The summed E-state index contributed by atoms with van der Waals surface area (Å²) < 4.78 is 13.5. The fourth-order valence-corrected chi connectivity index (χ4v) is 3.37. The van der Waals surface area contributed by atoms with Crippen LogP contribution in [0, 0.1) is 5.82 Å². The number of aryl methyl sites for hydroxylation is 1. The van der Waals surface area contributed by atoms with Gasteiger partial charge in [0.25, 0.3) is 0 Å². The smallest absolute Gasteiger partial charge is 0.225 e. The maximum atomic E-state index is 13.5. The van der Waals surface area contributed by atoms with E-state index < -0.39 is 0 Å². The van der Waals surface area contributed by atoms with Crippen LogP contribution in [0.5, 0.6) is 0 Å². The van der Waals surface area contributed by atoms with Crippen molar-refractivity contribution in [2.75, 3.05) is 31.1 Å². The summed E-state index contributed by atoms with van der Waals surface area (Å²) in [7, 11) is 0. The number of hydrogen-bond donors (Lipinski definition) is 1. The third-order valence-corrected chi connectivity index (χ3v) is 4.98. The topological polar surface area (TPSA) is 60.9 Å². The predicted molar refractivity (Wildman–Crippen MR) is 103 cm³/mol. The molecule has 0 radical (unpaired) electrons. The van der Waals surface area contributed by atoms with Crippen LogP contribution in [-0.4, -0.2) is 51.2 Å². The van der Waals surface area contributed by atoms with Gasteiger partial charge < -0.3 is 4.90 Å².